The van der Waals surface area contributed by atoms with Gasteiger partial charge in [-0.1, -0.05) is 26.7 Å². The van der Waals surface area contributed by atoms with Crippen molar-refractivity contribution in [2.24, 2.45) is 11.7 Å². The Morgan fingerprint density at radius 1 is 1.42 bits per heavy atom. The van der Waals surface area contributed by atoms with Crippen LogP contribution in [0.25, 0.3) is 0 Å². The summed E-state index contributed by atoms with van der Waals surface area (Å²) in [5.41, 5.74) is 7.96. The third-order valence-corrected chi connectivity index (χ3v) is 4.27. The van der Waals surface area contributed by atoms with Crippen LogP contribution in [-0.4, -0.2) is 28.5 Å². The summed E-state index contributed by atoms with van der Waals surface area (Å²) in [5, 5.41) is 0. The van der Waals surface area contributed by atoms with E-state index in [1.165, 1.54) is 31.2 Å². The quantitative estimate of drug-likeness (QED) is 0.886. The fourth-order valence-electron chi connectivity index (χ4n) is 3.32. The molecule has 3 heteroatoms. The second-order valence-electron chi connectivity index (χ2n) is 6.22. The normalized spacial score (nSPS) is 27.7. The average Bonchev–Trinajstić information content (AvgIpc) is 2.38. The van der Waals surface area contributed by atoms with E-state index in [0.29, 0.717) is 0 Å². The minimum Gasteiger partial charge on any atom is -0.324 e. The van der Waals surface area contributed by atoms with Crippen LogP contribution in [0.4, 0.5) is 0 Å². The van der Waals surface area contributed by atoms with Gasteiger partial charge in [0.1, 0.15) is 0 Å². The van der Waals surface area contributed by atoms with Crippen molar-refractivity contribution >= 4 is 0 Å². The lowest BCUT2D eigenvalue weighted by Gasteiger charge is -2.40. The van der Waals surface area contributed by atoms with Crippen LogP contribution in [-0.2, 0) is 6.54 Å². The fraction of sp³-hybridized carbons (Fsp3) is 0.688. The third-order valence-electron chi connectivity index (χ3n) is 4.27. The maximum Gasteiger partial charge on any atom is 0.0286 e. The standard InChI is InChI=1S/C16H27N3/c1-3-19(12-15-6-9-18-10-7-15)13-16(17)8-4-5-14(2)11-16/h6-7,9-10,14H,3-5,8,11-13,17H2,1-2H3. The predicted octanol–water partition coefficient (Wildman–Crippen LogP) is 2.81. The summed E-state index contributed by atoms with van der Waals surface area (Å²) in [5.74, 6) is 0.776. The fourth-order valence-corrected chi connectivity index (χ4v) is 3.32. The summed E-state index contributed by atoms with van der Waals surface area (Å²) in [4.78, 5) is 6.54. The Morgan fingerprint density at radius 2 is 2.16 bits per heavy atom. The smallest absolute Gasteiger partial charge is 0.0286 e. The molecular formula is C16H27N3. The zero-order valence-corrected chi connectivity index (χ0v) is 12.3. The van der Waals surface area contributed by atoms with Crippen LogP contribution < -0.4 is 5.73 Å². The maximum atomic E-state index is 6.63. The van der Waals surface area contributed by atoms with E-state index in [1.54, 1.807) is 0 Å². The van der Waals surface area contributed by atoms with E-state index in [9.17, 15) is 0 Å². The molecule has 1 aromatic rings. The number of hydrogen-bond donors (Lipinski definition) is 1. The summed E-state index contributed by atoms with van der Waals surface area (Å²) in [6.07, 6.45) is 8.69. The molecule has 1 aliphatic rings. The van der Waals surface area contributed by atoms with Crippen LogP contribution in [0.5, 0.6) is 0 Å². The highest BCUT2D eigenvalue weighted by Gasteiger charge is 2.32. The van der Waals surface area contributed by atoms with Gasteiger partial charge in [-0.3, -0.25) is 9.88 Å². The molecule has 2 unspecified atom stereocenters. The van der Waals surface area contributed by atoms with Crippen molar-refractivity contribution in [3.63, 3.8) is 0 Å². The van der Waals surface area contributed by atoms with Crippen LogP contribution in [0, 0.1) is 5.92 Å². The van der Waals surface area contributed by atoms with Gasteiger partial charge in [-0.25, -0.2) is 0 Å². The topological polar surface area (TPSA) is 42.2 Å². The van der Waals surface area contributed by atoms with Gasteiger partial charge in [0.05, 0.1) is 0 Å². The van der Waals surface area contributed by atoms with Gasteiger partial charge in [0.25, 0.3) is 0 Å². The van der Waals surface area contributed by atoms with Gasteiger partial charge in [-0.15, -0.1) is 0 Å². The molecule has 2 N–H and O–H groups in total. The van der Waals surface area contributed by atoms with Crippen molar-refractivity contribution < 1.29 is 0 Å². The zero-order valence-electron chi connectivity index (χ0n) is 12.3. The first-order chi connectivity index (χ1) is 9.11. The molecule has 19 heavy (non-hydrogen) atoms. The number of likely N-dealkylation sites (N-methyl/N-ethyl adjacent to an activating group) is 1. The molecule has 0 bridgehead atoms. The van der Waals surface area contributed by atoms with E-state index in [2.05, 4.69) is 35.9 Å². The number of nitrogens with zero attached hydrogens (tertiary/aromatic N) is 2. The highest BCUT2D eigenvalue weighted by atomic mass is 15.1. The minimum atomic E-state index is 0.0146. The molecule has 0 aromatic carbocycles. The Morgan fingerprint density at radius 3 is 2.79 bits per heavy atom. The van der Waals surface area contributed by atoms with Gasteiger partial charge >= 0.3 is 0 Å². The summed E-state index contributed by atoms with van der Waals surface area (Å²) in [7, 11) is 0. The van der Waals surface area contributed by atoms with E-state index in [4.69, 9.17) is 5.73 Å². The Balaban J connectivity index is 1.95. The summed E-state index contributed by atoms with van der Waals surface area (Å²) < 4.78 is 0. The largest absolute Gasteiger partial charge is 0.324 e. The summed E-state index contributed by atoms with van der Waals surface area (Å²) in [6, 6.07) is 4.19. The summed E-state index contributed by atoms with van der Waals surface area (Å²) in [6.45, 7) is 7.59. The van der Waals surface area contributed by atoms with Crippen LogP contribution in [0.2, 0.25) is 0 Å². The molecule has 1 heterocycles. The molecule has 1 aromatic heterocycles. The van der Waals surface area contributed by atoms with Gasteiger partial charge in [-0.05, 0) is 43.0 Å². The molecule has 0 spiro atoms. The monoisotopic (exact) mass is 261 g/mol. The number of hydrogen-bond acceptors (Lipinski definition) is 3. The Labute approximate surface area is 117 Å². The molecule has 3 nitrogen and oxygen atoms in total. The molecule has 1 fully saturated rings. The maximum absolute atomic E-state index is 6.63. The molecule has 0 aliphatic heterocycles. The second kappa shape index (κ2) is 6.49. The second-order valence-corrected chi connectivity index (χ2v) is 6.22. The Bertz CT molecular complexity index is 379. The van der Waals surface area contributed by atoms with E-state index in [-0.39, 0.29) is 5.54 Å². The van der Waals surface area contributed by atoms with Gasteiger partial charge in [-0.2, -0.15) is 0 Å². The van der Waals surface area contributed by atoms with Crippen molar-refractivity contribution in [3.05, 3.63) is 30.1 Å². The number of pyridine rings is 1. The van der Waals surface area contributed by atoms with Crippen molar-refractivity contribution in [1.82, 2.24) is 9.88 Å². The van der Waals surface area contributed by atoms with Gasteiger partial charge in [0, 0.05) is 31.0 Å². The predicted molar refractivity (Wildman–Crippen MR) is 79.7 cm³/mol. The number of aromatic nitrogens is 1. The first-order valence-electron chi connectivity index (χ1n) is 7.51. The lowest BCUT2D eigenvalue weighted by Crippen LogP contribution is -2.52. The van der Waals surface area contributed by atoms with Crippen molar-refractivity contribution in [3.8, 4) is 0 Å². The van der Waals surface area contributed by atoms with E-state index in [0.717, 1.165) is 25.6 Å². The highest BCUT2D eigenvalue weighted by Crippen LogP contribution is 2.31. The molecule has 2 atom stereocenters. The van der Waals surface area contributed by atoms with Crippen molar-refractivity contribution in [1.29, 1.82) is 0 Å². The Hall–Kier alpha value is -0.930. The van der Waals surface area contributed by atoms with E-state index < -0.39 is 0 Å². The lowest BCUT2D eigenvalue weighted by atomic mass is 9.77. The molecule has 0 amide bonds. The molecular weight excluding hydrogens is 234 g/mol. The van der Waals surface area contributed by atoms with Crippen LogP contribution in [0.1, 0.15) is 45.1 Å². The third kappa shape index (κ3) is 4.29. The van der Waals surface area contributed by atoms with Crippen molar-refractivity contribution in [2.75, 3.05) is 13.1 Å². The first kappa shape index (κ1) is 14.5. The van der Waals surface area contributed by atoms with Gasteiger partial charge < -0.3 is 5.73 Å². The van der Waals surface area contributed by atoms with Gasteiger partial charge in [0.15, 0.2) is 0 Å². The SMILES string of the molecule is CCN(Cc1ccncc1)CC1(N)CCCC(C)C1. The highest BCUT2D eigenvalue weighted by molar-refractivity contribution is 5.09. The molecule has 0 radical (unpaired) electrons. The summed E-state index contributed by atoms with van der Waals surface area (Å²) >= 11 is 0. The van der Waals surface area contributed by atoms with Crippen LogP contribution in [0.3, 0.4) is 0 Å². The lowest BCUT2D eigenvalue weighted by molar-refractivity contribution is 0.150. The number of nitrogens with two attached hydrogens (primary N) is 1. The Kier molecular flexibility index (Phi) is 4.94. The molecule has 106 valence electrons. The molecule has 1 saturated carbocycles. The van der Waals surface area contributed by atoms with Crippen LogP contribution >= 0.6 is 0 Å². The van der Waals surface area contributed by atoms with Gasteiger partial charge in [0.2, 0.25) is 0 Å². The van der Waals surface area contributed by atoms with Crippen molar-refractivity contribution in [2.45, 2.75) is 51.6 Å². The molecule has 1 aliphatic carbocycles. The van der Waals surface area contributed by atoms with E-state index in [1.807, 2.05) is 12.4 Å². The minimum absolute atomic E-state index is 0.0146. The van der Waals surface area contributed by atoms with Crippen LogP contribution in [0.15, 0.2) is 24.5 Å². The number of rotatable bonds is 5. The van der Waals surface area contributed by atoms with E-state index >= 15 is 0 Å². The molecule has 0 saturated heterocycles. The molecule has 2 rings (SSSR count). The zero-order chi connectivity index (χ0) is 13.7. The first-order valence-corrected chi connectivity index (χ1v) is 7.51. The average molecular weight is 261 g/mol.